The first-order valence-electron chi connectivity index (χ1n) is 9.65. The molecular weight excluding hydrogens is 446 g/mol. The van der Waals surface area contributed by atoms with E-state index in [4.69, 9.17) is 5.11 Å². The number of hydrogen-bond donors (Lipinski definition) is 3. The summed E-state index contributed by atoms with van der Waals surface area (Å²) < 4.78 is 0. The smallest absolute Gasteiger partial charge is 0.335 e. The highest BCUT2D eigenvalue weighted by Gasteiger charge is 2.12. The summed E-state index contributed by atoms with van der Waals surface area (Å²) in [6.07, 6.45) is 0. The van der Waals surface area contributed by atoms with Gasteiger partial charge >= 0.3 is 5.97 Å². The molecule has 33 heavy (non-hydrogen) atoms. The molecule has 3 N–H and O–H groups in total. The van der Waals surface area contributed by atoms with Gasteiger partial charge in [0.15, 0.2) is 0 Å². The lowest BCUT2D eigenvalue weighted by atomic mass is 10.1. The highest BCUT2D eigenvalue weighted by Crippen LogP contribution is 2.23. The Morgan fingerprint density at radius 1 is 0.970 bits per heavy atom. The number of aromatic carboxylic acids is 1. The third kappa shape index (κ3) is 6.40. The van der Waals surface area contributed by atoms with Gasteiger partial charge in [0.2, 0.25) is 5.91 Å². The minimum absolute atomic E-state index is 0.0892. The van der Waals surface area contributed by atoms with E-state index >= 15 is 0 Å². The van der Waals surface area contributed by atoms with E-state index in [-0.39, 0.29) is 28.5 Å². The van der Waals surface area contributed by atoms with Crippen molar-refractivity contribution >= 4 is 46.6 Å². The van der Waals surface area contributed by atoms with Crippen LogP contribution in [0.4, 0.5) is 17.1 Å². The molecule has 3 aromatic carbocycles. The number of nitrogens with one attached hydrogen (secondary N) is 2. The summed E-state index contributed by atoms with van der Waals surface area (Å²) in [6, 6.07) is 16.7. The van der Waals surface area contributed by atoms with Crippen LogP contribution in [0.15, 0.2) is 71.6 Å². The summed E-state index contributed by atoms with van der Waals surface area (Å²) in [4.78, 5) is 46.8. The van der Waals surface area contributed by atoms with Crippen LogP contribution in [0.3, 0.4) is 0 Å². The molecule has 0 fully saturated rings. The zero-order valence-electron chi connectivity index (χ0n) is 17.4. The predicted molar refractivity (Wildman–Crippen MR) is 125 cm³/mol. The number of carbonyl (C=O) groups excluding carboxylic acids is 2. The van der Waals surface area contributed by atoms with E-state index < -0.39 is 16.8 Å². The summed E-state index contributed by atoms with van der Waals surface area (Å²) in [6.45, 7) is 1.77. The SMILES string of the molecule is Cc1ccc(C(=O)O)cc1NC(=O)CSc1ccc(NC(=O)c2cccc([N+](=O)[O-])c2)cc1. The number of carbonyl (C=O) groups is 3. The first-order chi connectivity index (χ1) is 15.7. The van der Waals surface area contributed by atoms with E-state index in [0.29, 0.717) is 11.4 Å². The average molecular weight is 465 g/mol. The van der Waals surface area contributed by atoms with E-state index in [2.05, 4.69) is 10.6 Å². The molecule has 0 atom stereocenters. The van der Waals surface area contributed by atoms with Crippen molar-refractivity contribution in [3.05, 3.63) is 93.5 Å². The molecule has 3 aromatic rings. The largest absolute Gasteiger partial charge is 0.478 e. The van der Waals surface area contributed by atoms with Gasteiger partial charge in [-0.05, 0) is 55.0 Å². The Balaban J connectivity index is 1.55. The normalized spacial score (nSPS) is 10.3. The Morgan fingerprint density at radius 2 is 1.70 bits per heavy atom. The van der Waals surface area contributed by atoms with Gasteiger partial charge in [-0.25, -0.2) is 4.79 Å². The number of carboxylic acid groups (broad SMARTS) is 1. The lowest BCUT2D eigenvalue weighted by molar-refractivity contribution is -0.384. The number of non-ortho nitro benzene ring substituents is 1. The number of amides is 2. The molecular formula is C23H19N3O6S. The molecule has 3 rings (SSSR count). The molecule has 0 aliphatic carbocycles. The van der Waals surface area contributed by atoms with Crippen molar-refractivity contribution < 1.29 is 24.4 Å². The third-order valence-electron chi connectivity index (χ3n) is 4.56. The molecule has 0 heterocycles. The van der Waals surface area contributed by atoms with Crippen LogP contribution in [0.5, 0.6) is 0 Å². The van der Waals surface area contributed by atoms with Gasteiger partial charge in [-0.2, -0.15) is 0 Å². The minimum Gasteiger partial charge on any atom is -0.478 e. The van der Waals surface area contributed by atoms with E-state index in [9.17, 15) is 24.5 Å². The molecule has 0 aliphatic rings. The molecule has 0 aromatic heterocycles. The second kappa shape index (κ2) is 10.4. The van der Waals surface area contributed by atoms with Crippen LogP contribution in [0.25, 0.3) is 0 Å². The maximum Gasteiger partial charge on any atom is 0.335 e. The van der Waals surface area contributed by atoms with Crippen molar-refractivity contribution in [2.45, 2.75) is 11.8 Å². The fraction of sp³-hybridized carbons (Fsp3) is 0.0870. The molecule has 10 heteroatoms. The van der Waals surface area contributed by atoms with Gasteiger partial charge < -0.3 is 15.7 Å². The summed E-state index contributed by atoms with van der Waals surface area (Å²) in [7, 11) is 0. The summed E-state index contributed by atoms with van der Waals surface area (Å²) in [5.41, 5.74) is 1.79. The second-order valence-electron chi connectivity index (χ2n) is 6.96. The number of nitro benzene ring substituents is 1. The van der Waals surface area contributed by atoms with Crippen molar-refractivity contribution in [1.29, 1.82) is 0 Å². The molecule has 0 bridgehead atoms. The number of nitrogens with zero attached hydrogens (tertiary/aromatic N) is 1. The number of benzene rings is 3. The minimum atomic E-state index is -1.07. The predicted octanol–water partition coefficient (Wildman–Crippen LogP) is 4.58. The maximum absolute atomic E-state index is 12.3. The number of rotatable bonds is 8. The molecule has 2 amide bonds. The second-order valence-corrected chi connectivity index (χ2v) is 8.01. The fourth-order valence-corrected chi connectivity index (χ4v) is 3.52. The van der Waals surface area contributed by atoms with Crippen molar-refractivity contribution in [3.63, 3.8) is 0 Å². The highest BCUT2D eigenvalue weighted by atomic mass is 32.2. The van der Waals surface area contributed by atoms with Crippen molar-refractivity contribution in [3.8, 4) is 0 Å². The molecule has 0 saturated carbocycles. The standard InChI is InChI=1S/C23H19N3O6S/c1-14-5-6-16(23(29)30)12-20(14)25-21(27)13-33-19-9-7-17(8-10-19)24-22(28)15-3-2-4-18(11-15)26(31)32/h2-12H,13H2,1H3,(H,24,28)(H,25,27)(H,29,30). The molecule has 0 aliphatic heterocycles. The Morgan fingerprint density at radius 3 is 2.36 bits per heavy atom. The van der Waals surface area contributed by atoms with Crippen molar-refractivity contribution in [2.75, 3.05) is 16.4 Å². The number of hydrogen-bond acceptors (Lipinski definition) is 6. The maximum atomic E-state index is 12.3. The zero-order valence-corrected chi connectivity index (χ0v) is 18.2. The number of aryl methyl sites for hydroxylation is 1. The number of nitro groups is 1. The fourth-order valence-electron chi connectivity index (χ4n) is 2.82. The first-order valence-corrected chi connectivity index (χ1v) is 10.6. The molecule has 0 unspecified atom stereocenters. The van der Waals surface area contributed by atoms with Crippen LogP contribution in [0.2, 0.25) is 0 Å². The van der Waals surface area contributed by atoms with E-state index in [0.717, 1.165) is 10.5 Å². The first kappa shape index (κ1) is 23.5. The number of thioether (sulfide) groups is 1. The van der Waals surface area contributed by atoms with Crippen LogP contribution < -0.4 is 10.6 Å². The Kier molecular flexibility index (Phi) is 7.42. The van der Waals surface area contributed by atoms with Gasteiger partial charge in [-0.3, -0.25) is 19.7 Å². The number of anilines is 2. The van der Waals surface area contributed by atoms with Crippen LogP contribution in [-0.2, 0) is 4.79 Å². The Bertz CT molecular complexity index is 1230. The molecule has 168 valence electrons. The summed E-state index contributed by atoms with van der Waals surface area (Å²) in [5.74, 6) is -1.72. The molecule has 0 saturated heterocycles. The quantitative estimate of drug-likeness (QED) is 0.251. The highest BCUT2D eigenvalue weighted by molar-refractivity contribution is 8.00. The van der Waals surface area contributed by atoms with Gasteiger partial charge in [0.1, 0.15) is 0 Å². The van der Waals surface area contributed by atoms with E-state index in [1.54, 1.807) is 37.3 Å². The lowest BCUT2D eigenvalue weighted by Crippen LogP contribution is -2.15. The molecule has 9 nitrogen and oxygen atoms in total. The van der Waals surface area contributed by atoms with Crippen molar-refractivity contribution in [1.82, 2.24) is 0 Å². The van der Waals surface area contributed by atoms with E-state index in [1.165, 1.54) is 48.2 Å². The van der Waals surface area contributed by atoms with Crippen LogP contribution in [0.1, 0.15) is 26.3 Å². The van der Waals surface area contributed by atoms with Crippen LogP contribution in [0, 0.1) is 17.0 Å². The Hall–Kier alpha value is -4.18. The number of carboxylic acids is 1. The zero-order chi connectivity index (χ0) is 24.0. The van der Waals surface area contributed by atoms with E-state index in [1.807, 2.05) is 0 Å². The van der Waals surface area contributed by atoms with Gasteiger partial charge in [0.25, 0.3) is 11.6 Å². The lowest BCUT2D eigenvalue weighted by Gasteiger charge is -2.10. The van der Waals surface area contributed by atoms with Crippen molar-refractivity contribution in [2.24, 2.45) is 0 Å². The topological polar surface area (TPSA) is 139 Å². The van der Waals surface area contributed by atoms with Gasteiger partial charge in [0, 0.05) is 34.0 Å². The molecule has 0 spiro atoms. The average Bonchev–Trinajstić information content (AvgIpc) is 2.80. The van der Waals surface area contributed by atoms with Gasteiger partial charge in [0.05, 0.1) is 16.2 Å². The van der Waals surface area contributed by atoms with Crippen LogP contribution in [-0.4, -0.2) is 33.6 Å². The monoisotopic (exact) mass is 465 g/mol. The van der Waals surface area contributed by atoms with Gasteiger partial charge in [-0.1, -0.05) is 12.1 Å². The summed E-state index contributed by atoms with van der Waals surface area (Å²) >= 11 is 1.28. The van der Waals surface area contributed by atoms with Gasteiger partial charge in [-0.15, -0.1) is 11.8 Å². The Labute approximate surface area is 193 Å². The van der Waals surface area contributed by atoms with Crippen LogP contribution >= 0.6 is 11.8 Å². The summed E-state index contributed by atoms with van der Waals surface area (Å²) in [5, 5.41) is 25.3. The molecule has 0 radical (unpaired) electrons. The third-order valence-corrected chi connectivity index (χ3v) is 5.57.